The molecule has 37 heavy (non-hydrogen) atoms. The van der Waals surface area contributed by atoms with Crippen LogP contribution in [0.2, 0.25) is 0 Å². The molecule has 4 aliphatic carbocycles. The Hall–Kier alpha value is -2.10. The number of esters is 2. The molecule has 2 fully saturated rings. The monoisotopic (exact) mass is 508 g/mol. The van der Waals surface area contributed by atoms with Gasteiger partial charge in [0, 0.05) is 12.8 Å². The summed E-state index contributed by atoms with van der Waals surface area (Å²) in [6.45, 7) is 17.2. The Balaban J connectivity index is 1.56. The molecule has 6 unspecified atom stereocenters. The molecule has 2 saturated carbocycles. The van der Waals surface area contributed by atoms with Crippen molar-refractivity contribution in [2.75, 3.05) is 0 Å². The fraction of sp³-hybridized carbons (Fsp3) is 0.697. The lowest BCUT2D eigenvalue weighted by molar-refractivity contribution is -0.180. The molecule has 0 aromatic carbocycles. The number of allylic oxidation sites excluding steroid dienone is 4. The fourth-order valence-corrected chi connectivity index (χ4v) is 6.99. The fourth-order valence-electron chi connectivity index (χ4n) is 6.99. The van der Waals surface area contributed by atoms with Gasteiger partial charge in [-0.1, -0.05) is 90.8 Å². The van der Waals surface area contributed by atoms with Crippen LogP contribution in [0.5, 0.6) is 0 Å². The lowest BCUT2D eigenvalue weighted by Gasteiger charge is -2.41. The second kappa shape index (κ2) is 10.6. The predicted molar refractivity (Wildman–Crippen MR) is 148 cm³/mol. The maximum atomic E-state index is 13.9. The van der Waals surface area contributed by atoms with E-state index in [1.54, 1.807) is 0 Å². The Morgan fingerprint density at radius 1 is 0.703 bits per heavy atom. The van der Waals surface area contributed by atoms with Crippen LogP contribution in [0.25, 0.3) is 0 Å². The lowest BCUT2D eigenvalue weighted by Crippen LogP contribution is -2.47. The van der Waals surface area contributed by atoms with Crippen LogP contribution in [0.3, 0.4) is 0 Å². The molecule has 0 aromatic heterocycles. The number of hydrogen-bond donors (Lipinski definition) is 0. The summed E-state index contributed by atoms with van der Waals surface area (Å²) >= 11 is 0. The number of carbonyl (C=O) groups excluding carboxylic acids is 2. The highest BCUT2D eigenvalue weighted by Gasteiger charge is 2.57. The molecule has 204 valence electrons. The molecule has 4 rings (SSSR count). The molecule has 0 aromatic rings. The van der Waals surface area contributed by atoms with E-state index >= 15 is 0 Å². The maximum absolute atomic E-state index is 13.9. The van der Waals surface area contributed by atoms with E-state index in [1.165, 1.54) is 11.1 Å². The van der Waals surface area contributed by atoms with Gasteiger partial charge < -0.3 is 9.47 Å². The van der Waals surface area contributed by atoms with Gasteiger partial charge in [-0.25, -0.2) is 0 Å². The third kappa shape index (κ3) is 5.27. The van der Waals surface area contributed by atoms with Gasteiger partial charge in [0.1, 0.15) is 11.2 Å². The van der Waals surface area contributed by atoms with E-state index in [4.69, 9.17) is 9.47 Å². The average Bonchev–Trinajstić information content (AvgIpc) is 3.46. The summed E-state index contributed by atoms with van der Waals surface area (Å²) in [5, 5.41) is 0. The Morgan fingerprint density at radius 2 is 1.08 bits per heavy atom. The van der Waals surface area contributed by atoms with E-state index in [9.17, 15) is 9.59 Å². The molecule has 4 nitrogen and oxygen atoms in total. The minimum Gasteiger partial charge on any atom is -0.454 e. The van der Waals surface area contributed by atoms with Crippen LogP contribution in [0.4, 0.5) is 0 Å². The molecule has 6 atom stereocenters. The van der Waals surface area contributed by atoms with E-state index in [1.807, 2.05) is 12.2 Å². The van der Waals surface area contributed by atoms with Crippen LogP contribution in [-0.2, 0) is 19.1 Å². The van der Waals surface area contributed by atoms with E-state index < -0.39 is 23.0 Å². The van der Waals surface area contributed by atoms with E-state index in [2.05, 4.69) is 79.7 Å². The van der Waals surface area contributed by atoms with Crippen LogP contribution in [0.15, 0.2) is 47.6 Å². The van der Waals surface area contributed by atoms with Gasteiger partial charge in [-0.2, -0.15) is 0 Å². The topological polar surface area (TPSA) is 52.6 Å². The molecule has 0 spiro atoms. The quantitative estimate of drug-likeness (QED) is 0.317. The molecule has 0 N–H and O–H groups in total. The van der Waals surface area contributed by atoms with E-state index in [0.717, 1.165) is 19.3 Å². The van der Waals surface area contributed by atoms with Crippen molar-refractivity contribution in [3.8, 4) is 0 Å². The van der Waals surface area contributed by atoms with Crippen molar-refractivity contribution in [1.29, 1.82) is 0 Å². The molecule has 0 heterocycles. The van der Waals surface area contributed by atoms with Gasteiger partial charge in [-0.05, 0) is 66.9 Å². The van der Waals surface area contributed by atoms with Gasteiger partial charge >= 0.3 is 11.9 Å². The van der Waals surface area contributed by atoms with Crippen LogP contribution in [0, 0.1) is 47.3 Å². The van der Waals surface area contributed by atoms with Crippen molar-refractivity contribution >= 4 is 11.9 Å². The van der Waals surface area contributed by atoms with Gasteiger partial charge in [0.15, 0.2) is 0 Å². The first-order valence-corrected chi connectivity index (χ1v) is 14.6. The molecule has 0 radical (unpaired) electrons. The summed E-state index contributed by atoms with van der Waals surface area (Å²) in [6.07, 6.45) is 16.8. The molecule has 0 amide bonds. The average molecular weight is 509 g/mol. The van der Waals surface area contributed by atoms with Crippen LogP contribution >= 0.6 is 0 Å². The van der Waals surface area contributed by atoms with Gasteiger partial charge in [0.05, 0.1) is 11.8 Å². The van der Waals surface area contributed by atoms with Gasteiger partial charge in [0.25, 0.3) is 0 Å². The zero-order chi connectivity index (χ0) is 27.1. The first-order chi connectivity index (χ1) is 17.4. The number of fused-ring (bicyclic) bond motifs is 2. The second-order valence-electron chi connectivity index (χ2n) is 13.3. The maximum Gasteiger partial charge on any atom is 0.310 e. The van der Waals surface area contributed by atoms with Crippen molar-refractivity contribution in [3.63, 3.8) is 0 Å². The summed E-state index contributed by atoms with van der Waals surface area (Å²) in [4.78, 5) is 27.9. The molecule has 0 aliphatic heterocycles. The molecular formula is C33H48O4. The number of carbonyl (C=O) groups is 2. The van der Waals surface area contributed by atoms with Crippen LogP contribution < -0.4 is 0 Å². The summed E-state index contributed by atoms with van der Waals surface area (Å²) in [5.41, 5.74) is 1.27. The first-order valence-electron chi connectivity index (χ1n) is 14.6. The zero-order valence-electron chi connectivity index (χ0n) is 24.3. The molecule has 4 aliphatic rings. The normalized spacial score (nSPS) is 34.9. The van der Waals surface area contributed by atoms with Crippen LogP contribution in [-0.4, -0.2) is 23.1 Å². The van der Waals surface area contributed by atoms with E-state index in [-0.39, 0.29) is 35.6 Å². The highest BCUT2D eigenvalue weighted by molar-refractivity contribution is 5.84. The molecule has 4 heteroatoms. The first kappa shape index (κ1) is 27.9. The highest BCUT2D eigenvalue weighted by atomic mass is 16.6. The van der Waals surface area contributed by atoms with Gasteiger partial charge in [-0.15, -0.1) is 0 Å². The third-order valence-electron chi connectivity index (χ3n) is 9.82. The Kier molecular flexibility index (Phi) is 7.98. The summed E-state index contributed by atoms with van der Waals surface area (Å²) in [5.74, 6) is 0.219. The molecule has 2 bridgehead atoms. The standard InChI is InChI=1S/C33H48O4/c1-20(2)26-11-9-15-32(18-26,22(5)6)36-30(34)28-24-13-14-25(17-24)29(28)31(35)37-33(23(7)8)16-10-12-27(19-33)21(3)4/h9-12,15-16,20-25,28-29H,13-14,17-19H2,1-8H3. The highest BCUT2D eigenvalue weighted by Crippen LogP contribution is 2.54. The van der Waals surface area contributed by atoms with Gasteiger partial charge in [0.2, 0.25) is 0 Å². The van der Waals surface area contributed by atoms with Crippen molar-refractivity contribution in [2.45, 2.75) is 98.7 Å². The number of hydrogen-bond acceptors (Lipinski definition) is 4. The summed E-state index contributed by atoms with van der Waals surface area (Å²) in [6, 6.07) is 0. The van der Waals surface area contributed by atoms with Crippen molar-refractivity contribution < 1.29 is 19.1 Å². The summed E-state index contributed by atoms with van der Waals surface area (Å²) in [7, 11) is 0. The predicted octanol–water partition coefficient (Wildman–Crippen LogP) is 7.61. The third-order valence-corrected chi connectivity index (χ3v) is 9.82. The lowest BCUT2D eigenvalue weighted by atomic mass is 9.76. The Bertz CT molecular complexity index is 929. The van der Waals surface area contributed by atoms with E-state index in [0.29, 0.717) is 24.7 Å². The second-order valence-corrected chi connectivity index (χ2v) is 13.3. The SMILES string of the molecule is CC(C)C1=CC=CC(OC(=O)C2C3CCC(C3)C2C(=O)OC2(C(C)C)C=CC=C(C(C)C)C2)(C(C)C)C1. The van der Waals surface area contributed by atoms with Crippen molar-refractivity contribution in [2.24, 2.45) is 47.3 Å². The van der Waals surface area contributed by atoms with Gasteiger partial charge in [-0.3, -0.25) is 9.59 Å². The summed E-state index contributed by atoms with van der Waals surface area (Å²) < 4.78 is 12.9. The zero-order valence-corrected chi connectivity index (χ0v) is 24.3. The van der Waals surface area contributed by atoms with Crippen LogP contribution in [0.1, 0.15) is 87.5 Å². The number of rotatable bonds is 8. The number of ether oxygens (including phenoxy) is 2. The molecular weight excluding hydrogens is 460 g/mol. The largest absolute Gasteiger partial charge is 0.454 e. The Labute approximate surface area is 224 Å². The smallest absolute Gasteiger partial charge is 0.310 e. The Morgan fingerprint density at radius 3 is 1.41 bits per heavy atom. The molecule has 0 saturated heterocycles. The minimum atomic E-state index is -0.663. The van der Waals surface area contributed by atoms with Crippen molar-refractivity contribution in [3.05, 3.63) is 47.6 Å². The van der Waals surface area contributed by atoms with Crippen molar-refractivity contribution in [1.82, 2.24) is 0 Å². The minimum absolute atomic E-state index is 0.136.